The van der Waals surface area contributed by atoms with Crippen molar-refractivity contribution in [3.63, 3.8) is 0 Å². The van der Waals surface area contributed by atoms with Crippen LogP contribution in [0.5, 0.6) is 0 Å². The lowest BCUT2D eigenvalue weighted by atomic mass is 9.69. The smallest absolute Gasteiger partial charge is 0.263 e. The molecule has 1 fully saturated rings. The number of morpholine rings is 1. The Morgan fingerprint density at radius 3 is 2.67 bits per heavy atom. The van der Waals surface area contributed by atoms with Gasteiger partial charge in [-0.25, -0.2) is 4.99 Å². The molecule has 0 aromatic carbocycles. The number of carbonyl (C=O) groups is 2. The van der Waals surface area contributed by atoms with E-state index in [0.717, 1.165) is 5.57 Å². The number of hydrogen-bond acceptors (Lipinski definition) is 6. The van der Waals surface area contributed by atoms with E-state index in [0.29, 0.717) is 56.5 Å². The third kappa shape index (κ3) is 2.53. The summed E-state index contributed by atoms with van der Waals surface area (Å²) in [6.45, 7) is 6.62. The number of fused-ring (bicyclic) bond motifs is 2. The van der Waals surface area contributed by atoms with Crippen LogP contribution < -0.4 is 0 Å². The van der Waals surface area contributed by atoms with Gasteiger partial charge in [-0.2, -0.15) is 9.98 Å². The summed E-state index contributed by atoms with van der Waals surface area (Å²) >= 11 is 0. The Bertz CT molecular complexity index is 739. The molecule has 126 valence electrons. The van der Waals surface area contributed by atoms with Gasteiger partial charge in [0.25, 0.3) is 5.91 Å². The Hall–Kier alpha value is -2.15. The molecule has 0 aromatic heterocycles. The van der Waals surface area contributed by atoms with Crippen LogP contribution in [-0.2, 0) is 14.3 Å². The number of carbonyl (C=O) groups excluding carboxylic acids is 2. The first kappa shape index (κ1) is 15.4. The van der Waals surface area contributed by atoms with E-state index in [4.69, 9.17) is 4.74 Å². The maximum absolute atomic E-state index is 12.7. The fourth-order valence-corrected chi connectivity index (χ4v) is 3.70. The summed E-state index contributed by atoms with van der Waals surface area (Å²) in [5.41, 5.74) is 1.26. The normalized spacial score (nSPS) is 29.1. The molecule has 0 radical (unpaired) electrons. The minimum atomic E-state index is -0.599. The number of rotatable bonds is 0. The van der Waals surface area contributed by atoms with E-state index in [1.807, 2.05) is 18.7 Å². The molecule has 4 aliphatic rings. The second-order valence-corrected chi connectivity index (χ2v) is 7.39. The van der Waals surface area contributed by atoms with Crippen molar-refractivity contribution in [2.24, 2.45) is 26.3 Å². The first-order valence-corrected chi connectivity index (χ1v) is 8.29. The summed E-state index contributed by atoms with van der Waals surface area (Å²) in [6, 6.07) is 0. The van der Waals surface area contributed by atoms with Crippen molar-refractivity contribution in [2.75, 3.05) is 26.3 Å². The molecular formula is C17H20N4O3. The van der Waals surface area contributed by atoms with Crippen LogP contribution in [-0.4, -0.2) is 60.9 Å². The van der Waals surface area contributed by atoms with Gasteiger partial charge in [0.2, 0.25) is 5.96 Å². The highest BCUT2D eigenvalue weighted by Crippen LogP contribution is 2.42. The molecule has 0 saturated carbocycles. The standard InChI is InChI=1S/C17H20N4O3/c1-17(2)7-10-11(12(22)8-17)9-18-14-13(10)15(23)20-16(19-14)21-3-5-24-6-4-21/h9,13H,3-8H2,1-2H3. The van der Waals surface area contributed by atoms with Crippen LogP contribution in [0.25, 0.3) is 0 Å². The summed E-state index contributed by atoms with van der Waals surface area (Å²) in [6.07, 6.45) is 2.75. The minimum Gasteiger partial charge on any atom is -0.378 e. The first-order valence-electron chi connectivity index (χ1n) is 8.29. The average molecular weight is 328 g/mol. The van der Waals surface area contributed by atoms with Crippen molar-refractivity contribution < 1.29 is 14.3 Å². The zero-order valence-corrected chi connectivity index (χ0v) is 13.9. The van der Waals surface area contributed by atoms with E-state index < -0.39 is 5.92 Å². The van der Waals surface area contributed by atoms with Gasteiger partial charge in [-0.05, 0) is 17.4 Å². The van der Waals surface area contributed by atoms with E-state index in [2.05, 4.69) is 15.0 Å². The number of Topliss-reactive ketones (excluding diaryl/α,β-unsaturated/α-hetero) is 1. The Morgan fingerprint density at radius 2 is 1.92 bits per heavy atom. The molecule has 24 heavy (non-hydrogen) atoms. The topological polar surface area (TPSA) is 83.7 Å². The van der Waals surface area contributed by atoms with Gasteiger partial charge in [-0.1, -0.05) is 13.8 Å². The molecule has 3 heterocycles. The fourth-order valence-electron chi connectivity index (χ4n) is 3.70. The van der Waals surface area contributed by atoms with Crippen LogP contribution in [0.4, 0.5) is 0 Å². The number of hydrogen-bond donors (Lipinski definition) is 0. The lowest BCUT2D eigenvalue weighted by Gasteiger charge is -2.36. The van der Waals surface area contributed by atoms with Gasteiger partial charge in [0.05, 0.1) is 13.2 Å². The third-order valence-corrected chi connectivity index (χ3v) is 4.85. The molecule has 1 unspecified atom stereocenters. The SMILES string of the molecule is CC1(C)CC(=O)C2=C(C1)C1C(=O)N=C(N3CCOCC3)N=C1N=C2. The third-order valence-electron chi connectivity index (χ3n) is 4.85. The number of amidine groups is 1. The van der Waals surface area contributed by atoms with Crippen molar-refractivity contribution in [1.82, 2.24) is 4.90 Å². The van der Waals surface area contributed by atoms with Gasteiger partial charge >= 0.3 is 0 Å². The van der Waals surface area contributed by atoms with Crippen molar-refractivity contribution in [3.8, 4) is 0 Å². The predicted octanol–water partition coefficient (Wildman–Crippen LogP) is 1.000. The van der Waals surface area contributed by atoms with Crippen LogP contribution in [0, 0.1) is 11.3 Å². The molecule has 4 rings (SSSR count). The molecule has 1 amide bonds. The lowest BCUT2D eigenvalue weighted by Crippen LogP contribution is -2.44. The number of dihydropyridines is 1. The van der Waals surface area contributed by atoms with E-state index in [-0.39, 0.29) is 17.1 Å². The number of guanidine groups is 1. The molecular weight excluding hydrogens is 308 g/mol. The number of nitrogens with zero attached hydrogens (tertiary/aromatic N) is 4. The summed E-state index contributed by atoms with van der Waals surface area (Å²) in [4.78, 5) is 40.1. The second kappa shape index (κ2) is 5.44. The molecule has 1 atom stereocenters. The maximum Gasteiger partial charge on any atom is 0.263 e. The van der Waals surface area contributed by atoms with Crippen LogP contribution in [0.2, 0.25) is 0 Å². The molecule has 1 aliphatic carbocycles. The molecule has 7 nitrogen and oxygen atoms in total. The van der Waals surface area contributed by atoms with Crippen LogP contribution in [0.1, 0.15) is 26.7 Å². The monoisotopic (exact) mass is 328 g/mol. The number of ketones is 1. The maximum atomic E-state index is 12.7. The number of aliphatic imine (C=N–C) groups is 3. The molecule has 1 saturated heterocycles. The number of ether oxygens (including phenoxy) is 1. The summed E-state index contributed by atoms with van der Waals surface area (Å²) in [7, 11) is 0. The van der Waals surface area contributed by atoms with Gasteiger partial charge in [0.1, 0.15) is 11.8 Å². The van der Waals surface area contributed by atoms with E-state index in [1.54, 1.807) is 6.21 Å². The van der Waals surface area contributed by atoms with Gasteiger partial charge in [-0.15, -0.1) is 0 Å². The summed E-state index contributed by atoms with van der Waals surface area (Å²) in [5, 5.41) is 0. The van der Waals surface area contributed by atoms with Gasteiger partial charge < -0.3 is 9.64 Å². The molecule has 0 spiro atoms. The van der Waals surface area contributed by atoms with Crippen LogP contribution in [0.15, 0.2) is 26.1 Å². The average Bonchev–Trinajstić information content (AvgIpc) is 2.53. The van der Waals surface area contributed by atoms with Gasteiger partial charge in [-0.3, -0.25) is 9.59 Å². The largest absolute Gasteiger partial charge is 0.378 e. The minimum absolute atomic E-state index is 0.0554. The zero-order valence-electron chi connectivity index (χ0n) is 13.9. The molecule has 3 aliphatic heterocycles. The summed E-state index contributed by atoms with van der Waals surface area (Å²) in [5.74, 6) is 0.0624. The molecule has 0 aromatic rings. The van der Waals surface area contributed by atoms with Gasteiger partial charge in [0.15, 0.2) is 5.78 Å². The lowest BCUT2D eigenvalue weighted by molar-refractivity contribution is -0.119. The highest BCUT2D eigenvalue weighted by Gasteiger charge is 2.43. The quantitative estimate of drug-likeness (QED) is 0.664. The molecule has 7 heteroatoms. The zero-order chi connectivity index (χ0) is 16.9. The van der Waals surface area contributed by atoms with Crippen molar-refractivity contribution in [3.05, 3.63) is 11.1 Å². The van der Waals surface area contributed by atoms with Crippen molar-refractivity contribution in [1.29, 1.82) is 0 Å². The second-order valence-electron chi connectivity index (χ2n) is 7.39. The fraction of sp³-hybridized carbons (Fsp3) is 0.588. The highest BCUT2D eigenvalue weighted by atomic mass is 16.5. The predicted molar refractivity (Wildman–Crippen MR) is 89.3 cm³/mol. The Labute approximate surface area is 140 Å². The van der Waals surface area contributed by atoms with Crippen LogP contribution in [0.3, 0.4) is 0 Å². The van der Waals surface area contributed by atoms with E-state index >= 15 is 0 Å². The van der Waals surface area contributed by atoms with Crippen molar-refractivity contribution >= 4 is 29.7 Å². The van der Waals surface area contributed by atoms with Crippen molar-refractivity contribution in [2.45, 2.75) is 26.7 Å². The molecule has 0 bridgehead atoms. The van der Waals surface area contributed by atoms with E-state index in [9.17, 15) is 9.59 Å². The van der Waals surface area contributed by atoms with Crippen LogP contribution >= 0.6 is 0 Å². The van der Waals surface area contributed by atoms with Gasteiger partial charge in [0, 0.05) is 31.3 Å². The Kier molecular flexibility index (Phi) is 3.49. The Balaban J connectivity index is 1.69. The number of amides is 1. The Morgan fingerprint density at radius 1 is 1.17 bits per heavy atom. The highest BCUT2D eigenvalue weighted by molar-refractivity contribution is 6.26. The van der Waals surface area contributed by atoms with E-state index in [1.165, 1.54) is 0 Å². The summed E-state index contributed by atoms with van der Waals surface area (Å²) < 4.78 is 5.32. The first-order chi connectivity index (χ1) is 11.4. The molecule has 0 N–H and O–H groups in total. The number of allylic oxidation sites excluding steroid dienone is 1.